The van der Waals surface area contributed by atoms with Crippen LogP contribution in [-0.4, -0.2) is 67.2 Å². The first-order chi connectivity index (χ1) is 20.4. The first-order valence-corrected chi connectivity index (χ1v) is 16.5. The summed E-state index contributed by atoms with van der Waals surface area (Å²) in [6.45, 7) is 5.61. The molecule has 4 bridgehead atoms. The molecular formula is C34H43N3O5S. The second-order valence-corrected chi connectivity index (χ2v) is 15.5. The number of carbonyl (C=O) groups excluding carboxylic acids is 3. The average molecular weight is 606 g/mol. The quantitative estimate of drug-likeness (QED) is 0.359. The highest BCUT2D eigenvalue weighted by Crippen LogP contribution is 2.56. The van der Waals surface area contributed by atoms with E-state index in [1.807, 2.05) is 44.2 Å². The standard InChI is InChI=1S/C34H43N3O5S/c1-20-25(10-7-11-27(20)38)30(40)35-26(15-21-8-5-4-6-9-21)28(39)32(42)37-19-43-33(2,3)29(37)31(41)36-34-16-22-12-23(17-34)14-24(13-22)18-34/h4-11,22-24,26,28-29,38-39H,12-19H2,1-3H3,(H,35,40)(H,36,41)/t22?,23?,24?,26-,28-,29+,34?/m0/s1. The number of nitrogens with zero attached hydrogens (tertiary/aromatic N) is 1. The number of phenols is 1. The van der Waals surface area contributed by atoms with Gasteiger partial charge in [-0.05, 0) is 101 Å². The number of phenolic OH excluding ortho intramolecular Hbond substituents is 1. The molecule has 5 fully saturated rings. The molecular weight excluding hydrogens is 562 g/mol. The van der Waals surface area contributed by atoms with E-state index in [0.29, 0.717) is 23.3 Å². The van der Waals surface area contributed by atoms with Crippen LogP contribution in [0.5, 0.6) is 5.75 Å². The van der Waals surface area contributed by atoms with Crippen LogP contribution in [0.15, 0.2) is 48.5 Å². The maximum Gasteiger partial charge on any atom is 0.254 e. The van der Waals surface area contributed by atoms with Crippen LogP contribution >= 0.6 is 11.8 Å². The molecule has 9 heteroatoms. The maximum absolute atomic E-state index is 14.1. The van der Waals surface area contributed by atoms with Crippen LogP contribution in [0.25, 0.3) is 0 Å². The summed E-state index contributed by atoms with van der Waals surface area (Å²) >= 11 is 1.53. The number of aromatic hydroxyl groups is 1. The van der Waals surface area contributed by atoms with Gasteiger partial charge in [0.05, 0.1) is 11.9 Å². The number of rotatable bonds is 8. The number of hydrogen-bond donors (Lipinski definition) is 4. The molecule has 3 atom stereocenters. The van der Waals surface area contributed by atoms with Crippen molar-refractivity contribution >= 4 is 29.5 Å². The minimum atomic E-state index is -1.58. The van der Waals surface area contributed by atoms with Crippen LogP contribution < -0.4 is 10.6 Å². The maximum atomic E-state index is 14.1. The summed E-state index contributed by atoms with van der Waals surface area (Å²) in [6, 6.07) is 12.4. The van der Waals surface area contributed by atoms with Crippen molar-refractivity contribution < 1.29 is 24.6 Å². The normalized spacial score (nSPS) is 30.1. The van der Waals surface area contributed by atoms with E-state index in [-0.39, 0.29) is 35.1 Å². The van der Waals surface area contributed by atoms with Gasteiger partial charge in [-0.3, -0.25) is 14.4 Å². The second-order valence-electron chi connectivity index (χ2n) is 13.9. The van der Waals surface area contributed by atoms with Gasteiger partial charge in [-0.15, -0.1) is 11.8 Å². The summed E-state index contributed by atoms with van der Waals surface area (Å²) in [6.07, 6.45) is 5.50. The fourth-order valence-electron chi connectivity index (χ4n) is 8.57. The minimum Gasteiger partial charge on any atom is -0.508 e. The third kappa shape index (κ3) is 5.90. The number of amides is 3. The van der Waals surface area contributed by atoms with Crippen molar-refractivity contribution in [1.82, 2.24) is 15.5 Å². The van der Waals surface area contributed by atoms with Gasteiger partial charge in [0.15, 0.2) is 6.10 Å². The van der Waals surface area contributed by atoms with Crippen molar-refractivity contribution in [2.24, 2.45) is 17.8 Å². The Balaban J connectivity index is 1.23. The van der Waals surface area contributed by atoms with E-state index in [9.17, 15) is 24.6 Å². The Hall–Kier alpha value is -3.04. The van der Waals surface area contributed by atoms with Crippen molar-refractivity contribution in [2.45, 2.75) is 94.2 Å². The first kappa shape index (κ1) is 30.0. The molecule has 0 aromatic heterocycles. The molecule has 1 aliphatic heterocycles. The molecule has 0 radical (unpaired) electrons. The summed E-state index contributed by atoms with van der Waals surface area (Å²) in [7, 11) is 0. The second kappa shape index (κ2) is 11.5. The lowest BCUT2D eigenvalue weighted by molar-refractivity contribution is -0.148. The number of hydrogen-bond acceptors (Lipinski definition) is 6. The summed E-state index contributed by atoms with van der Waals surface area (Å²) in [5, 5.41) is 28.1. The van der Waals surface area contributed by atoms with Crippen LogP contribution in [0.4, 0.5) is 0 Å². The number of carbonyl (C=O) groups is 3. The van der Waals surface area contributed by atoms with E-state index in [1.54, 1.807) is 19.1 Å². The molecule has 8 nitrogen and oxygen atoms in total. The summed E-state index contributed by atoms with van der Waals surface area (Å²) in [5.74, 6) is 1.09. The Morgan fingerprint density at radius 3 is 2.23 bits per heavy atom. The van der Waals surface area contributed by atoms with Crippen molar-refractivity contribution in [3.8, 4) is 5.75 Å². The van der Waals surface area contributed by atoms with Crippen molar-refractivity contribution in [3.05, 3.63) is 65.2 Å². The van der Waals surface area contributed by atoms with Crippen molar-refractivity contribution in [3.63, 3.8) is 0 Å². The van der Waals surface area contributed by atoms with Gasteiger partial charge in [0, 0.05) is 21.4 Å². The molecule has 2 aromatic rings. The Kier molecular flexibility index (Phi) is 8.00. The van der Waals surface area contributed by atoms with Crippen LogP contribution in [0.2, 0.25) is 0 Å². The lowest BCUT2D eigenvalue weighted by Crippen LogP contribution is -2.65. The lowest BCUT2D eigenvalue weighted by Gasteiger charge is -2.57. The third-order valence-corrected chi connectivity index (χ3v) is 11.7. The molecule has 1 saturated heterocycles. The summed E-state index contributed by atoms with van der Waals surface area (Å²) in [4.78, 5) is 43.0. The van der Waals surface area contributed by atoms with Gasteiger partial charge in [0.2, 0.25) is 5.91 Å². The number of aliphatic hydroxyl groups excluding tert-OH is 1. The van der Waals surface area contributed by atoms with E-state index in [0.717, 1.165) is 24.8 Å². The molecule has 0 spiro atoms. The zero-order valence-corrected chi connectivity index (χ0v) is 26.0. The fraction of sp³-hybridized carbons (Fsp3) is 0.559. The van der Waals surface area contributed by atoms with Gasteiger partial charge in [0.25, 0.3) is 11.8 Å². The first-order valence-electron chi connectivity index (χ1n) is 15.5. The summed E-state index contributed by atoms with van der Waals surface area (Å²) in [5.41, 5.74) is 1.34. The SMILES string of the molecule is Cc1c(O)cccc1C(=O)N[C@@H](Cc1ccccc1)[C@H](O)C(=O)N1CSC(C)(C)[C@H]1C(=O)NC12CC3CC(CC(C3)C1)C2. The van der Waals surface area contributed by atoms with Gasteiger partial charge in [0.1, 0.15) is 11.8 Å². The predicted molar refractivity (Wildman–Crippen MR) is 166 cm³/mol. The number of benzene rings is 2. The largest absolute Gasteiger partial charge is 0.508 e. The molecule has 43 heavy (non-hydrogen) atoms. The Morgan fingerprint density at radius 1 is 0.977 bits per heavy atom. The van der Waals surface area contributed by atoms with Gasteiger partial charge in [-0.1, -0.05) is 36.4 Å². The predicted octanol–water partition coefficient (Wildman–Crippen LogP) is 4.17. The topological polar surface area (TPSA) is 119 Å². The smallest absolute Gasteiger partial charge is 0.254 e. The summed E-state index contributed by atoms with van der Waals surface area (Å²) < 4.78 is -0.543. The van der Waals surface area contributed by atoms with E-state index in [4.69, 9.17) is 0 Å². The highest BCUT2D eigenvalue weighted by atomic mass is 32.2. The average Bonchev–Trinajstić information content (AvgIpc) is 3.27. The lowest BCUT2D eigenvalue weighted by atomic mass is 9.53. The molecule has 0 unspecified atom stereocenters. The molecule has 3 amide bonds. The number of nitrogens with one attached hydrogen (secondary N) is 2. The molecule has 4 aliphatic carbocycles. The molecule has 5 aliphatic rings. The van der Waals surface area contributed by atoms with Crippen LogP contribution in [0.3, 0.4) is 0 Å². The Morgan fingerprint density at radius 2 is 1.60 bits per heavy atom. The zero-order valence-electron chi connectivity index (χ0n) is 25.2. The minimum absolute atomic E-state index is 0.00640. The van der Waals surface area contributed by atoms with Crippen LogP contribution in [0.1, 0.15) is 73.9 Å². The number of aliphatic hydroxyl groups is 1. The van der Waals surface area contributed by atoms with Gasteiger partial charge >= 0.3 is 0 Å². The number of thioether (sulfide) groups is 1. The van der Waals surface area contributed by atoms with Crippen molar-refractivity contribution in [2.75, 3.05) is 5.88 Å². The van der Waals surface area contributed by atoms with Gasteiger partial charge in [-0.25, -0.2) is 0 Å². The van der Waals surface area contributed by atoms with E-state index in [2.05, 4.69) is 10.6 Å². The third-order valence-electron chi connectivity index (χ3n) is 10.3. The Bertz CT molecular complexity index is 1360. The molecule has 4 saturated carbocycles. The van der Waals surface area contributed by atoms with Gasteiger partial charge < -0.3 is 25.7 Å². The molecule has 230 valence electrons. The highest BCUT2D eigenvalue weighted by Gasteiger charge is 2.55. The van der Waals surface area contributed by atoms with E-state index < -0.39 is 34.7 Å². The van der Waals surface area contributed by atoms with E-state index >= 15 is 0 Å². The van der Waals surface area contributed by atoms with Crippen LogP contribution in [-0.2, 0) is 16.0 Å². The highest BCUT2D eigenvalue weighted by molar-refractivity contribution is 8.00. The monoisotopic (exact) mass is 605 g/mol. The molecule has 4 N–H and O–H groups in total. The van der Waals surface area contributed by atoms with Crippen LogP contribution in [0, 0.1) is 24.7 Å². The van der Waals surface area contributed by atoms with Crippen molar-refractivity contribution in [1.29, 1.82) is 0 Å². The molecule has 7 rings (SSSR count). The Labute approximate surface area is 258 Å². The van der Waals surface area contributed by atoms with Gasteiger partial charge in [-0.2, -0.15) is 0 Å². The van der Waals surface area contributed by atoms with E-state index in [1.165, 1.54) is 42.0 Å². The molecule has 1 heterocycles. The zero-order chi connectivity index (χ0) is 30.5. The fourth-order valence-corrected chi connectivity index (χ4v) is 9.71. The molecule has 2 aromatic carbocycles.